The van der Waals surface area contributed by atoms with E-state index in [1.54, 1.807) is 6.26 Å². The third kappa shape index (κ3) is 3.57. The Bertz CT molecular complexity index is 597. The van der Waals surface area contributed by atoms with Crippen molar-refractivity contribution in [3.8, 4) is 0 Å². The van der Waals surface area contributed by atoms with Gasteiger partial charge in [0.25, 0.3) is 5.91 Å². The highest BCUT2D eigenvalue weighted by Gasteiger charge is 2.23. The average Bonchev–Trinajstić information content (AvgIpc) is 3.07. The van der Waals surface area contributed by atoms with E-state index in [0.29, 0.717) is 6.04 Å². The molecule has 0 bridgehead atoms. The molecule has 1 fully saturated rings. The van der Waals surface area contributed by atoms with Crippen LogP contribution < -0.4 is 5.32 Å². The van der Waals surface area contributed by atoms with E-state index in [4.69, 9.17) is 4.42 Å². The van der Waals surface area contributed by atoms with Crippen molar-refractivity contribution < 1.29 is 9.21 Å². The SMILES string of the molecule is Cc1ccc(C(=O)N2CCC(NCc3ccco3)CC2)cc1. The summed E-state index contributed by atoms with van der Waals surface area (Å²) in [4.78, 5) is 14.4. The second-order valence-corrected chi connectivity index (χ2v) is 5.89. The molecule has 0 aliphatic carbocycles. The van der Waals surface area contributed by atoms with E-state index < -0.39 is 0 Å². The lowest BCUT2D eigenvalue weighted by Gasteiger charge is -2.32. The Kier molecular flexibility index (Phi) is 4.59. The summed E-state index contributed by atoms with van der Waals surface area (Å²) in [6, 6.07) is 12.1. The van der Waals surface area contributed by atoms with Crippen LogP contribution in [0.1, 0.15) is 34.5 Å². The summed E-state index contributed by atoms with van der Waals surface area (Å²) < 4.78 is 5.32. The highest BCUT2D eigenvalue weighted by molar-refractivity contribution is 5.94. The van der Waals surface area contributed by atoms with E-state index in [-0.39, 0.29) is 5.91 Å². The van der Waals surface area contributed by atoms with E-state index in [0.717, 1.165) is 43.8 Å². The van der Waals surface area contributed by atoms with Crippen LogP contribution >= 0.6 is 0 Å². The lowest BCUT2D eigenvalue weighted by Crippen LogP contribution is -2.44. The topological polar surface area (TPSA) is 45.5 Å². The van der Waals surface area contributed by atoms with Gasteiger partial charge in [0, 0.05) is 24.7 Å². The van der Waals surface area contributed by atoms with Crippen molar-refractivity contribution in [3.05, 3.63) is 59.5 Å². The van der Waals surface area contributed by atoms with Crippen LogP contribution in [0.5, 0.6) is 0 Å². The monoisotopic (exact) mass is 298 g/mol. The van der Waals surface area contributed by atoms with Gasteiger partial charge in [-0.2, -0.15) is 0 Å². The van der Waals surface area contributed by atoms with Gasteiger partial charge in [-0.15, -0.1) is 0 Å². The van der Waals surface area contributed by atoms with Crippen LogP contribution in [0.4, 0.5) is 0 Å². The molecule has 4 nitrogen and oxygen atoms in total. The first-order valence-electron chi connectivity index (χ1n) is 7.84. The molecule has 0 atom stereocenters. The van der Waals surface area contributed by atoms with Gasteiger partial charge in [0.15, 0.2) is 0 Å². The summed E-state index contributed by atoms with van der Waals surface area (Å²) in [7, 11) is 0. The molecule has 0 spiro atoms. The van der Waals surface area contributed by atoms with Crippen molar-refractivity contribution in [3.63, 3.8) is 0 Å². The van der Waals surface area contributed by atoms with Gasteiger partial charge < -0.3 is 14.6 Å². The zero-order valence-electron chi connectivity index (χ0n) is 12.9. The van der Waals surface area contributed by atoms with Crippen molar-refractivity contribution in [2.75, 3.05) is 13.1 Å². The lowest BCUT2D eigenvalue weighted by atomic mass is 10.0. The number of likely N-dealkylation sites (tertiary alicyclic amines) is 1. The van der Waals surface area contributed by atoms with Crippen LogP contribution in [-0.4, -0.2) is 29.9 Å². The zero-order chi connectivity index (χ0) is 15.4. The highest BCUT2D eigenvalue weighted by atomic mass is 16.3. The first kappa shape index (κ1) is 14.9. The number of furan rings is 1. The fraction of sp³-hybridized carbons (Fsp3) is 0.389. The van der Waals surface area contributed by atoms with Crippen molar-refractivity contribution >= 4 is 5.91 Å². The van der Waals surface area contributed by atoms with Crippen LogP contribution in [0, 0.1) is 6.92 Å². The molecule has 0 unspecified atom stereocenters. The van der Waals surface area contributed by atoms with E-state index in [2.05, 4.69) is 5.32 Å². The van der Waals surface area contributed by atoms with Crippen LogP contribution in [-0.2, 0) is 6.54 Å². The molecular weight excluding hydrogens is 276 g/mol. The number of hydrogen-bond donors (Lipinski definition) is 1. The standard InChI is InChI=1S/C18H22N2O2/c1-14-4-6-15(7-5-14)18(21)20-10-8-16(9-11-20)19-13-17-3-2-12-22-17/h2-7,12,16,19H,8-11,13H2,1H3. The molecule has 1 N–H and O–H groups in total. The minimum atomic E-state index is 0.143. The van der Waals surface area contributed by atoms with Gasteiger partial charge in [-0.05, 0) is 44.0 Å². The highest BCUT2D eigenvalue weighted by Crippen LogP contribution is 2.15. The summed E-state index contributed by atoms with van der Waals surface area (Å²) in [6.07, 6.45) is 3.66. The molecule has 1 saturated heterocycles. The zero-order valence-corrected chi connectivity index (χ0v) is 12.9. The Morgan fingerprint density at radius 3 is 2.59 bits per heavy atom. The van der Waals surface area contributed by atoms with Crippen LogP contribution in [0.25, 0.3) is 0 Å². The van der Waals surface area contributed by atoms with Gasteiger partial charge in [-0.3, -0.25) is 4.79 Å². The van der Waals surface area contributed by atoms with Gasteiger partial charge in [-0.1, -0.05) is 17.7 Å². The Hall–Kier alpha value is -2.07. The molecule has 2 aromatic rings. The third-order valence-corrected chi connectivity index (χ3v) is 4.23. The third-order valence-electron chi connectivity index (χ3n) is 4.23. The van der Waals surface area contributed by atoms with Gasteiger partial charge in [0.1, 0.15) is 5.76 Å². The van der Waals surface area contributed by atoms with Gasteiger partial charge >= 0.3 is 0 Å². The number of carbonyl (C=O) groups excluding carboxylic acids is 1. The number of nitrogens with zero attached hydrogens (tertiary/aromatic N) is 1. The summed E-state index contributed by atoms with van der Waals surface area (Å²) in [6.45, 7) is 4.40. The lowest BCUT2D eigenvalue weighted by molar-refractivity contribution is 0.0704. The molecule has 1 amide bonds. The second-order valence-electron chi connectivity index (χ2n) is 5.89. The normalized spacial score (nSPS) is 16.0. The number of amides is 1. The molecule has 2 heterocycles. The number of benzene rings is 1. The maximum atomic E-state index is 12.5. The average molecular weight is 298 g/mol. The Balaban J connectivity index is 1.48. The summed E-state index contributed by atoms with van der Waals surface area (Å²) >= 11 is 0. The number of hydrogen-bond acceptors (Lipinski definition) is 3. The minimum absolute atomic E-state index is 0.143. The van der Waals surface area contributed by atoms with E-state index in [9.17, 15) is 4.79 Å². The minimum Gasteiger partial charge on any atom is -0.468 e. The molecule has 3 rings (SSSR count). The molecule has 1 aromatic heterocycles. The number of nitrogens with one attached hydrogen (secondary N) is 1. The fourth-order valence-electron chi connectivity index (χ4n) is 2.82. The van der Waals surface area contributed by atoms with E-state index >= 15 is 0 Å². The summed E-state index contributed by atoms with van der Waals surface area (Å²) in [5.41, 5.74) is 1.96. The van der Waals surface area contributed by atoms with Crippen LogP contribution in [0.2, 0.25) is 0 Å². The quantitative estimate of drug-likeness (QED) is 0.944. The fourth-order valence-corrected chi connectivity index (χ4v) is 2.82. The molecule has 4 heteroatoms. The smallest absolute Gasteiger partial charge is 0.253 e. The number of rotatable bonds is 4. The maximum Gasteiger partial charge on any atom is 0.253 e. The number of carbonyl (C=O) groups is 1. The van der Waals surface area contributed by atoms with Crippen molar-refractivity contribution in [2.24, 2.45) is 0 Å². The Labute approximate surface area is 131 Å². The summed E-state index contributed by atoms with van der Waals surface area (Å²) in [5.74, 6) is 1.10. The second kappa shape index (κ2) is 6.79. The van der Waals surface area contributed by atoms with Gasteiger partial charge in [0.05, 0.1) is 12.8 Å². The van der Waals surface area contributed by atoms with Crippen LogP contribution in [0.3, 0.4) is 0 Å². The van der Waals surface area contributed by atoms with Gasteiger partial charge in [0.2, 0.25) is 0 Å². The number of aryl methyl sites for hydroxylation is 1. The molecule has 116 valence electrons. The molecule has 1 aliphatic rings. The molecule has 0 radical (unpaired) electrons. The van der Waals surface area contributed by atoms with Crippen LogP contribution in [0.15, 0.2) is 47.1 Å². The maximum absolute atomic E-state index is 12.5. The van der Waals surface area contributed by atoms with Crippen molar-refractivity contribution in [1.82, 2.24) is 10.2 Å². The molecule has 22 heavy (non-hydrogen) atoms. The first-order chi connectivity index (χ1) is 10.7. The molecule has 1 aliphatic heterocycles. The largest absolute Gasteiger partial charge is 0.468 e. The van der Waals surface area contributed by atoms with Crippen molar-refractivity contribution in [2.45, 2.75) is 32.4 Å². The Morgan fingerprint density at radius 1 is 1.23 bits per heavy atom. The Morgan fingerprint density at radius 2 is 1.95 bits per heavy atom. The molecule has 0 saturated carbocycles. The van der Waals surface area contributed by atoms with E-state index in [1.165, 1.54) is 5.56 Å². The molecule has 1 aromatic carbocycles. The first-order valence-corrected chi connectivity index (χ1v) is 7.84. The van der Waals surface area contributed by atoms with E-state index in [1.807, 2.05) is 48.2 Å². The predicted octanol–water partition coefficient (Wildman–Crippen LogP) is 2.98. The number of piperidine rings is 1. The molecular formula is C18H22N2O2. The summed E-state index contributed by atoms with van der Waals surface area (Å²) in [5, 5.41) is 3.50. The van der Waals surface area contributed by atoms with Crippen molar-refractivity contribution in [1.29, 1.82) is 0 Å². The van der Waals surface area contributed by atoms with Gasteiger partial charge in [-0.25, -0.2) is 0 Å². The predicted molar refractivity (Wildman–Crippen MR) is 85.7 cm³/mol.